The van der Waals surface area contributed by atoms with Crippen LogP contribution >= 0.6 is 12.4 Å². The minimum absolute atomic E-state index is 0. The standard InChI is InChI=1S/C21H32N2O3.ClH/c1-4-25-17-13-21(22,20(17,2)3)19(24)23-14-16-11-8-12-26-18(16)15-9-6-5-7-10-15;/h5-7,9-10,16-18H,4,8,11-14,22H2,1-3H3,(H,23,24);1H. The van der Waals surface area contributed by atoms with Crippen molar-refractivity contribution in [1.29, 1.82) is 0 Å². The lowest BCUT2D eigenvalue weighted by atomic mass is 9.54. The largest absolute Gasteiger partial charge is 0.378 e. The molecule has 1 saturated carbocycles. The average molecular weight is 397 g/mol. The number of nitrogens with two attached hydrogens (primary N) is 1. The molecule has 1 aliphatic carbocycles. The molecule has 4 atom stereocenters. The zero-order valence-corrected chi connectivity index (χ0v) is 17.4. The van der Waals surface area contributed by atoms with Crippen molar-refractivity contribution in [3.8, 4) is 0 Å². The van der Waals surface area contributed by atoms with Crippen molar-refractivity contribution in [3.05, 3.63) is 35.9 Å². The molecule has 1 saturated heterocycles. The van der Waals surface area contributed by atoms with Crippen molar-refractivity contribution in [2.45, 2.75) is 57.8 Å². The van der Waals surface area contributed by atoms with Gasteiger partial charge in [0.05, 0.1) is 12.2 Å². The van der Waals surface area contributed by atoms with Gasteiger partial charge >= 0.3 is 0 Å². The molecule has 1 heterocycles. The summed E-state index contributed by atoms with van der Waals surface area (Å²) in [5.41, 5.74) is 6.42. The predicted molar refractivity (Wildman–Crippen MR) is 109 cm³/mol. The molecule has 1 aliphatic heterocycles. The third kappa shape index (κ3) is 4.16. The van der Waals surface area contributed by atoms with Crippen molar-refractivity contribution >= 4 is 18.3 Å². The summed E-state index contributed by atoms with van der Waals surface area (Å²) >= 11 is 0. The number of benzene rings is 1. The minimum Gasteiger partial charge on any atom is -0.378 e. The minimum atomic E-state index is -0.870. The van der Waals surface area contributed by atoms with E-state index in [1.165, 1.54) is 5.56 Å². The molecular weight excluding hydrogens is 364 g/mol. The van der Waals surface area contributed by atoms with Crippen molar-refractivity contribution in [1.82, 2.24) is 5.32 Å². The normalized spacial score (nSPS) is 32.1. The van der Waals surface area contributed by atoms with Gasteiger partial charge in [-0.2, -0.15) is 0 Å². The highest BCUT2D eigenvalue weighted by molar-refractivity contribution is 5.88. The first kappa shape index (κ1) is 22.2. The van der Waals surface area contributed by atoms with Crippen LogP contribution in [0.15, 0.2) is 30.3 Å². The van der Waals surface area contributed by atoms with E-state index in [4.69, 9.17) is 15.2 Å². The summed E-state index contributed by atoms with van der Waals surface area (Å²) in [6, 6.07) is 10.3. The molecule has 0 bridgehead atoms. The summed E-state index contributed by atoms with van der Waals surface area (Å²) in [6.07, 6.45) is 2.71. The van der Waals surface area contributed by atoms with Gasteiger partial charge in [0.25, 0.3) is 0 Å². The fraction of sp³-hybridized carbons (Fsp3) is 0.667. The molecule has 6 heteroatoms. The van der Waals surface area contributed by atoms with E-state index in [0.717, 1.165) is 19.4 Å². The van der Waals surface area contributed by atoms with Crippen molar-refractivity contribution in [3.63, 3.8) is 0 Å². The zero-order valence-electron chi connectivity index (χ0n) is 16.6. The molecular formula is C21H33ClN2O3. The van der Waals surface area contributed by atoms with Gasteiger partial charge in [-0.15, -0.1) is 12.4 Å². The first-order valence-corrected chi connectivity index (χ1v) is 9.75. The molecule has 0 radical (unpaired) electrons. The topological polar surface area (TPSA) is 73.6 Å². The van der Waals surface area contributed by atoms with Crippen LogP contribution in [0.3, 0.4) is 0 Å². The third-order valence-electron chi connectivity index (χ3n) is 6.33. The Hall–Kier alpha value is -1.14. The summed E-state index contributed by atoms with van der Waals surface area (Å²) in [7, 11) is 0. The second kappa shape index (κ2) is 8.91. The molecule has 3 N–H and O–H groups in total. The maximum Gasteiger partial charge on any atom is 0.240 e. The smallest absolute Gasteiger partial charge is 0.240 e. The van der Waals surface area contributed by atoms with Gasteiger partial charge in [-0.25, -0.2) is 0 Å². The first-order chi connectivity index (χ1) is 12.4. The number of rotatable bonds is 6. The lowest BCUT2D eigenvalue weighted by molar-refractivity contribution is -0.171. The van der Waals surface area contributed by atoms with Crippen LogP contribution in [0.4, 0.5) is 0 Å². The molecule has 27 heavy (non-hydrogen) atoms. The van der Waals surface area contributed by atoms with Gasteiger partial charge in [0.2, 0.25) is 5.91 Å². The Morgan fingerprint density at radius 3 is 2.67 bits per heavy atom. The fourth-order valence-electron chi connectivity index (χ4n) is 4.27. The second-order valence-electron chi connectivity index (χ2n) is 8.16. The summed E-state index contributed by atoms with van der Waals surface area (Å²) in [6.45, 7) is 8.02. The van der Waals surface area contributed by atoms with Crippen LogP contribution in [-0.2, 0) is 14.3 Å². The molecule has 1 amide bonds. The number of carbonyl (C=O) groups excluding carboxylic acids is 1. The SMILES string of the molecule is CCOC1CC(N)(C(=O)NCC2CCCOC2c2ccccc2)C1(C)C.Cl. The van der Waals surface area contributed by atoms with E-state index >= 15 is 0 Å². The molecule has 2 aliphatic rings. The van der Waals surface area contributed by atoms with Crippen molar-refractivity contribution in [2.24, 2.45) is 17.1 Å². The first-order valence-electron chi connectivity index (χ1n) is 9.75. The summed E-state index contributed by atoms with van der Waals surface area (Å²) < 4.78 is 11.8. The van der Waals surface area contributed by atoms with Crippen LogP contribution in [0.1, 0.15) is 51.7 Å². The van der Waals surface area contributed by atoms with Crippen LogP contribution in [0.5, 0.6) is 0 Å². The third-order valence-corrected chi connectivity index (χ3v) is 6.33. The van der Waals surface area contributed by atoms with Crippen LogP contribution in [0.2, 0.25) is 0 Å². The summed E-state index contributed by atoms with van der Waals surface area (Å²) in [4.78, 5) is 12.9. The Balaban J connectivity index is 0.00000261. The molecule has 1 aromatic rings. The van der Waals surface area contributed by atoms with E-state index in [9.17, 15) is 4.79 Å². The molecule has 2 fully saturated rings. The van der Waals surface area contributed by atoms with E-state index in [2.05, 4.69) is 17.4 Å². The van der Waals surface area contributed by atoms with Gasteiger partial charge in [0.1, 0.15) is 5.54 Å². The number of hydrogen-bond donors (Lipinski definition) is 2. The number of nitrogens with one attached hydrogen (secondary N) is 1. The van der Waals surface area contributed by atoms with E-state index in [1.54, 1.807) is 0 Å². The Morgan fingerprint density at radius 1 is 1.33 bits per heavy atom. The van der Waals surface area contributed by atoms with E-state index in [-0.39, 0.29) is 41.9 Å². The molecule has 152 valence electrons. The van der Waals surface area contributed by atoms with Crippen molar-refractivity contribution in [2.75, 3.05) is 19.8 Å². The molecule has 0 spiro atoms. The highest BCUT2D eigenvalue weighted by Gasteiger charge is 2.62. The Kier molecular flexibility index (Phi) is 7.31. The van der Waals surface area contributed by atoms with Gasteiger partial charge in [0.15, 0.2) is 0 Å². The quantitative estimate of drug-likeness (QED) is 0.774. The maximum atomic E-state index is 12.9. The van der Waals surface area contributed by atoms with Crippen LogP contribution < -0.4 is 11.1 Å². The lowest BCUT2D eigenvalue weighted by Gasteiger charge is -2.57. The highest BCUT2D eigenvalue weighted by Crippen LogP contribution is 2.49. The molecule has 3 rings (SSSR count). The number of hydrogen-bond acceptors (Lipinski definition) is 4. The summed E-state index contributed by atoms with van der Waals surface area (Å²) in [5, 5.41) is 3.11. The van der Waals surface area contributed by atoms with Crippen LogP contribution in [-0.4, -0.2) is 37.3 Å². The fourth-order valence-corrected chi connectivity index (χ4v) is 4.27. The monoisotopic (exact) mass is 396 g/mol. The molecule has 0 aromatic heterocycles. The number of ether oxygens (including phenoxy) is 2. The van der Waals surface area contributed by atoms with Crippen LogP contribution in [0, 0.1) is 11.3 Å². The van der Waals surface area contributed by atoms with Gasteiger partial charge < -0.3 is 20.5 Å². The van der Waals surface area contributed by atoms with Crippen LogP contribution in [0.25, 0.3) is 0 Å². The maximum absolute atomic E-state index is 12.9. The van der Waals surface area contributed by atoms with E-state index < -0.39 is 5.54 Å². The summed E-state index contributed by atoms with van der Waals surface area (Å²) in [5.74, 6) is 0.195. The van der Waals surface area contributed by atoms with E-state index in [0.29, 0.717) is 19.6 Å². The predicted octanol–water partition coefficient (Wildman–Crippen LogP) is 3.22. The average Bonchev–Trinajstić information content (AvgIpc) is 2.66. The van der Waals surface area contributed by atoms with Gasteiger partial charge in [0, 0.05) is 37.5 Å². The molecule has 1 aromatic carbocycles. The lowest BCUT2D eigenvalue weighted by Crippen LogP contribution is -2.76. The Morgan fingerprint density at radius 2 is 2.04 bits per heavy atom. The van der Waals surface area contributed by atoms with Gasteiger partial charge in [-0.3, -0.25) is 4.79 Å². The molecule has 4 unspecified atom stereocenters. The van der Waals surface area contributed by atoms with Crippen molar-refractivity contribution < 1.29 is 14.3 Å². The van der Waals surface area contributed by atoms with Gasteiger partial charge in [-0.05, 0) is 25.3 Å². The molecule has 5 nitrogen and oxygen atoms in total. The number of amides is 1. The van der Waals surface area contributed by atoms with E-state index in [1.807, 2.05) is 39.0 Å². The second-order valence-corrected chi connectivity index (χ2v) is 8.16. The Labute approximate surface area is 168 Å². The Bertz CT molecular complexity index is 625. The highest BCUT2D eigenvalue weighted by atomic mass is 35.5. The zero-order chi connectivity index (χ0) is 18.8. The van der Waals surface area contributed by atoms with Gasteiger partial charge in [-0.1, -0.05) is 44.2 Å². The number of halogens is 1. The number of carbonyl (C=O) groups is 1.